The van der Waals surface area contributed by atoms with Crippen molar-refractivity contribution in [3.8, 4) is 0 Å². The Morgan fingerprint density at radius 3 is 2.15 bits per heavy atom. The molecule has 1 heterocycles. The Kier molecular flexibility index (Phi) is 10.9. The van der Waals surface area contributed by atoms with Crippen LogP contribution >= 0.6 is 11.3 Å². The summed E-state index contributed by atoms with van der Waals surface area (Å²) in [6.07, 6.45) is 15.2. The summed E-state index contributed by atoms with van der Waals surface area (Å²) in [7, 11) is 0. The summed E-state index contributed by atoms with van der Waals surface area (Å²) < 4.78 is 0. The molecule has 0 spiro atoms. The van der Waals surface area contributed by atoms with Crippen LogP contribution in [0.4, 0.5) is 5.69 Å². The van der Waals surface area contributed by atoms with E-state index in [1.165, 1.54) is 74.6 Å². The van der Waals surface area contributed by atoms with Gasteiger partial charge in [-0.1, -0.05) is 82.9 Å². The SMILES string of the molecule is CCCCCCCCCCCCc1ccsc1CC(=O)Nc1ccccc1. The molecule has 2 rings (SSSR count). The van der Waals surface area contributed by atoms with Crippen LogP contribution in [-0.4, -0.2) is 5.91 Å². The number of thiophene rings is 1. The van der Waals surface area contributed by atoms with Gasteiger partial charge >= 0.3 is 0 Å². The second-order valence-corrected chi connectivity index (χ2v) is 8.39. The third kappa shape index (κ3) is 9.23. The van der Waals surface area contributed by atoms with Gasteiger partial charge in [0.05, 0.1) is 6.42 Å². The number of benzene rings is 1. The highest BCUT2D eigenvalue weighted by Gasteiger charge is 2.10. The smallest absolute Gasteiger partial charge is 0.229 e. The van der Waals surface area contributed by atoms with E-state index in [0.29, 0.717) is 6.42 Å². The lowest BCUT2D eigenvalue weighted by atomic mass is 10.0. The van der Waals surface area contributed by atoms with Gasteiger partial charge in [0.25, 0.3) is 0 Å². The third-order valence-electron chi connectivity index (χ3n) is 5.02. The monoisotopic (exact) mass is 385 g/mol. The summed E-state index contributed by atoms with van der Waals surface area (Å²) in [5.41, 5.74) is 2.23. The van der Waals surface area contributed by atoms with Crippen LogP contribution in [0.25, 0.3) is 0 Å². The van der Waals surface area contributed by atoms with E-state index in [0.717, 1.165) is 12.1 Å². The standard InChI is InChI=1S/C24H35NOS/c1-2-3-4-5-6-7-8-9-10-12-15-21-18-19-27-23(21)20-24(26)25-22-16-13-11-14-17-22/h11,13-14,16-19H,2-10,12,15,20H2,1H3,(H,25,26). The fraction of sp³-hybridized carbons (Fsp3) is 0.542. The Hall–Kier alpha value is -1.61. The first-order valence-electron chi connectivity index (χ1n) is 10.7. The van der Waals surface area contributed by atoms with E-state index in [2.05, 4.69) is 23.7 Å². The Labute approximate surface area is 169 Å². The molecule has 0 unspecified atom stereocenters. The van der Waals surface area contributed by atoms with Crippen molar-refractivity contribution < 1.29 is 4.79 Å². The van der Waals surface area contributed by atoms with Gasteiger partial charge < -0.3 is 5.32 Å². The molecular weight excluding hydrogens is 350 g/mol. The molecule has 0 saturated heterocycles. The number of anilines is 1. The maximum Gasteiger partial charge on any atom is 0.229 e. The normalized spacial score (nSPS) is 10.9. The van der Waals surface area contributed by atoms with Crippen LogP contribution < -0.4 is 5.32 Å². The highest BCUT2D eigenvalue weighted by Crippen LogP contribution is 2.21. The summed E-state index contributed by atoms with van der Waals surface area (Å²) in [6, 6.07) is 11.9. The quantitative estimate of drug-likeness (QED) is 0.337. The Balaban J connectivity index is 1.59. The summed E-state index contributed by atoms with van der Waals surface area (Å²) in [5.74, 6) is 0.0768. The Bertz CT molecular complexity index is 635. The third-order valence-corrected chi connectivity index (χ3v) is 5.98. The first kappa shape index (κ1) is 21.7. The number of aryl methyl sites for hydroxylation is 1. The van der Waals surface area contributed by atoms with Gasteiger partial charge in [0.1, 0.15) is 0 Å². The van der Waals surface area contributed by atoms with E-state index < -0.39 is 0 Å². The molecule has 1 aromatic heterocycles. The molecular formula is C24H35NOS. The van der Waals surface area contributed by atoms with Crippen LogP contribution in [0.2, 0.25) is 0 Å². The average Bonchev–Trinajstić information content (AvgIpc) is 3.11. The summed E-state index contributed by atoms with van der Waals surface area (Å²) in [4.78, 5) is 13.5. The number of para-hydroxylation sites is 1. The average molecular weight is 386 g/mol. The van der Waals surface area contributed by atoms with E-state index in [9.17, 15) is 4.79 Å². The van der Waals surface area contributed by atoms with E-state index in [4.69, 9.17) is 0 Å². The minimum atomic E-state index is 0.0768. The van der Waals surface area contributed by atoms with Crippen molar-refractivity contribution in [1.29, 1.82) is 0 Å². The van der Waals surface area contributed by atoms with Gasteiger partial charge in [-0.2, -0.15) is 0 Å². The van der Waals surface area contributed by atoms with Gasteiger partial charge in [-0.15, -0.1) is 11.3 Å². The second-order valence-electron chi connectivity index (χ2n) is 7.39. The lowest BCUT2D eigenvalue weighted by molar-refractivity contribution is -0.115. The van der Waals surface area contributed by atoms with Crippen molar-refractivity contribution in [2.75, 3.05) is 5.32 Å². The van der Waals surface area contributed by atoms with E-state index >= 15 is 0 Å². The molecule has 1 amide bonds. The molecule has 0 saturated carbocycles. The van der Waals surface area contributed by atoms with Crippen LogP contribution in [0.5, 0.6) is 0 Å². The Morgan fingerprint density at radius 2 is 1.48 bits per heavy atom. The van der Waals surface area contributed by atoms with Crippen LogP contribution in [0.15, 0.2) is 41.8 Å². The summed E-state index contributed by atoms with van der Waals surface area (Å²) >= 11 is 1.71. The largest absolute Gasteiger partial charge is 0.326 e. The summed E-state index contributed by atoms with van der Waals surface area (Å²) in [6.45, 7) is 2.27. The molecule has 3 heteroatoms. The molecule has 1 N–H and O–H groups in total. The highest BCUT2D eigenvalue weighted by atomic mass is 32.1. The number of amides is 1. The first-order chi connectivity index (χ1) is 13.3. The van der Waals surface area contributed by atoms with E-state index in [1.807, 2.05) is 30.3 Å². The molecule has 148 valence electrons. The van der Waals surface area contributed by atoms with E-state index in [-0.39, 0.29) is 5.91 Å². The topological polar surface area (TPSA) is 29.1 Å². The van der Waals surface area contributed by atoms with Crippen molar-refractivity contribution >= 4 is 22.9 Å². The maximum absolute atomic E-state index is 12.3. The van der Waals surface area contributed by atoms with Crippen molar-refractivity contribution in [2.45, 2.75) is 84.0 Å². The predicted molar refractivity (Wildman–Crippen MR) is 119 cm³/mol. The molecule has 0 aliphatic carbocycles. The Morgan fingerprint density at radius 1 is 0.852 bits per heavy atom. The first-order valence-corrected chi connectivity index (χ1v) is 11.6. The lowest BCUT2D eigenvalue weighted by Gasteiger charge is -2.06. The van der Waals surface area contributed by atoms with Crippen LogP contribution in [0.3, 0.4) is 0 Å². The number of hydrogen-bond acceptors (Lipinski definition) is 2. The molecule has 2 aromatic rings. The molecule has 0 aliphatic rings. The van der Waals surface area contributed by atoms with Crippen LogP contribution in [-0.2, 0) is 17.6 Å². The molecule has 0 fully saturated rings. The van der Waals surface area contributed by atoms with Gasteiger partial charge in [-0.05, 0) is 42.0 Å². The van der Waals surface area contributed by atoms with Crippen molar-refractivity contribution in [2.24, 2.45) is 0 Å². The minimum absolute atomic E-state index is 0.0768. The maximum atomic E-state index is 12.3. The number of carbonyl (C=O) groups excluding carboxylic acids is 1. The highest BCUT2D eigenvalue weighted by molar-refractivity contribution is 7.10. The second kappa shape index (κ2) is 13.5. The zero-order chi connectivity index (χ0) is 19.2. The lowest BCUT2D eigenvalue weighted by Crippen LogP contribution is -2.14. The van der Waals surface area contributed by atoms with Crippen molar-refractivity contribution in [1.82, 2.24) is 0 Å². The van der Waals surface area contributed by atoms with E-state index in [1.54, 1.807) is 11.3 Å². The minimum Gasteiger partial charge on any atom is -0.326 e. The van der Waals surface area contributed by atoms with Crippen LogP contribution in [0.1, 0.15) is 81.6 Å². The molecule has 2 nitrogen and oxygen atoms in total. The fourth-order valence-electron chi connectivity index (χ4n) is 3.42. The predicted octanol–water partition coefficient (Wildman–Crippen LogP) is 7.39. The number of nitrogens with one attached hydrogen (secondary N) is 1. The molecule has 0 aliphatic heterocycles. The molecule has 0 radical (unpaired) electrons. The number of carbonyl (C=O) groups is 1. The zero-order valence-corrected chi connectivity index (χ0v) is 17.7. The van der Waals surface area contributed by atoms with Gasteiger partial charge in [0.2, 0.25) is 5.91 Å². The van der Waals surface area contributed by atoms with Crippen molar-refractivity contribution in [3.05, 3.63) is 52.2 Å². The molecule has 0 atom stereocenters. The van der Waals surface area contributed by atoms with Gasteiger partial charge in [0, 0.05) is 10.6 Å². The molecule has 27 heavy (non-hydrogen) atoms. The number of hydrogen-bond donors (Lipinski definition) is 1. The number of rotatable bonds is 14. The van der Waals surface area contributed by atoms with Gasteiger partial charge in [-0.25, -0.2) is 0 Å². The zero-order valence-electron chi connectivity index (χ0n) is 16.8. The number of unbranched alkanes of at least 4 members (excludes halogenated alkanes) is 9. The van der Waals surface area contributed by atoms with Crippen LogP contribution in [0, 0.1) is 0 Å². The van der Waals surface area contributed by atoms with Gasteiger partial charge in [-0.3, -0.25) is 4.79 Å². The summed E-state index contributed by atoms with van der Waals surface area (Å²) in [5, 5.41) is 5.11. The molecule has 1 aromatic carbocycles. The van der Waals surface area contributed by atoms with Crippen molar-refractivity contribution in [3.63, 3.8) is 0 Å². The van der Waals surface area contributed by atoms with Gasteiger partial charge in [0.15, 0.2) is 0 Å². The fourth-order valence-corrected chi connectivity index (χ4v) is 4.35. The molecule has 0 bridgehead atoms.